The van der Waals surface area contributed by atoms with Gasteiger partial charge in [0.1, 0.15) is 5.78 Å². The second-order valence-electron chi connectivity index (χ2n) is 5.99. The first-order valence-corrected chi connectivity index (χ1v) is 7.66. The summed E-state index contributed by atoms with van der Waals surface area (Å²) in [4.78, 5) is 12.2. The van der Waals surface area contributed by atoms with Gasteiger partial charge >= 0.3 is 0 Å². The van der Waals surface area contributed by atoms with Gasteiger partial charge in [0.05, 0.1) is 17.6 Å². The molecule has 1 saturated carbocycles. The summed E-state index contributed by atoms with van der Waals surface area (Å²) < 4.78 is 1.87. The third kappa shape index (κ3) is 2.77. The Kier molecular flexibility index (Phi) is 3.86. The smallest absolute Gasteiger partial charge is 0.138 e. The van der Waals surface area contributed by atoms with E-state index in [0.29, 0.717) is 12.2 Å². The number of nitrogens with zero attached hydrogens (tertiary/aromatic N) is 2. The van der Waals surface area contributed by atoms with E-state index >= 15 is 0 Å². The highest BCUT2D eigenvalue weighted by Crippen LogP contribution is 2.29. The zero-order valence-electron chi connectivity index (χ0n) is 12.1. The number of Topliss-reactive ketones (excluding diaryl/α,β-unsaturated/α-hetero) is 1. The van der Waals surface area contributed by atoms with Crippen LogP contribution in [0.25, 0.3) is 10.9 Å². The van der Waals surface area contributed by atoms with Crippen LogP contribution in [0, 0.1) is 5.92 Å². The fourth-order valence-corrected chi connectivity index (χ4v) is 3.36. The third-order valence-corrected chi connectivity index (χ3v) is 4.51. The van der Waals surface area contributed by atoms with Crippen LogP contribution in [0.1, 0.15) is 44.2 Å². The van der Waals surface area contributed by atoms with Gasteiger partial charge in [0.2, 0.25) is 0 Å². The maximum Gasteiger partial charge on any atom is 0.138 e. The number of aryl methyl sites for hydroxylation is 1. The zero-order chi connectivity index (χ0) is 13.9. The summed E-state index contributed by atoms with van der Waals surface area (Å²) in [5, 5.41) is 5.62. The highest BCUT2D eigenvalue weighted by molar-refractivity contribution is 5.88. The largest absolute Gasteiger partial charge is 0.299 e. The molecule has 0 aliphatic heterocycles. The van der Waals surface area contributed by atoms with Crippen LogP contribution in [0.15, 0.2) is 24.3 Å². The lowest BCUT2D eigenvalue weighted by atomic mass is 9.98. The number of fused-ring (bicyclic) bond motifs is 1. The molecule has 1 aromatic heterocycles. The van der Waals surface area contributed by atoms with Gasteiger partial charge in [-0.2, -0.15) is 5.10 Å². The average molecular weight is 270 g/mol. The summed E-state index contributed by atoms with van der Waals surface area (Å²) in [6.45, 7) is 0. The number of hydrogen-bond donors (Lipinski definition) is 0. The van der Waals surface area contributed by atoms with Crippen molar-refractivity contribution in [3.8, 4) is 0 Å². The minimum atomic E-state index is 0.334. The van der Waals surface area contributed by atoms with Gasteiger partial charge in [-0.05, 0) is 18.4 Å². The van der Waals surface area contributed by atoms with Crippen LogP contribution in [0.4, 0.5) is 0 Å². The van der Waals surface area contributed by atoms with Crippen molar-refractivity contribution in [2.24, 2.45) is 13.0 Å². The molecule has 3 nitrogen and oxygen atoms in total. The predicted molar refractivity (Wildman–Crippen MR) is 80.6 cm³/mol. The van der Waals surface area contributed by atoms with Crippen LogP contribution in [0.2, 0.25) is 0 Å². The topological polar surface area (TPSA) is 34.9 Å². The van der Waals surface area contributed by atoms with E-state index in [1.165, 1.54) is 25.7 Å². The molecule has 0 bridgehead atoms. The molecule has 1 heterocycles. The number of para-hydroxylation sites is 1. The lowest BCUT2D eigenvalue weighted by Crippen LogP contribution is -2.06. The Labute approximate surface area is 120 Å². The van der Waals surface area contributed by atoms with Crippen LogP contribution >= 0.6 is 0 Å². The first-order valence-electron chi connectivity index (χ1n) is 7.66. The molecule has 0 atom stereocenters. The van der Waals surface area contributed by atoms with Crippen molar-refractivity contribution in [2.45, 2.75) is 44.9 Å². The van der Waals surface area contributed by atoms with Crippen LogP contribution in [0.5, 0.6) is 0 Å². The number of benzene rings is 1. The van der Waals surface area contributed by atoms with Gasteiger partial charge in [-0.3, -0.25) is 9.48 Å². The second kappa shape index (κ2) is 5.78. The molecule has 1 aromatic carbocycles. The normalized spacial score (nSPS) is 16.1. The van der Waals surface area contributed by atoms with Gasteiger partial charge in [0, 0.05) is 18.9 Å². The van der Waals surface area contributed by atoms with Gasteiger partial charge < -0.3 is 0 Å². The maximum atomic E-state index is 12.2. The van der Waals surface area contributed by atoms with Gasteiger partial charge in [-0.25, -0.2) is 0 Å². The van der Waals surface area contributed by atoms with Crippen LogP contribution in [-0.4, -0.2) is 15.6 Å². The fourth-order valence-electron chi connectivity index (χ4n) is 3.36. The molecule has 0 amide bonds. The van der Waals surface area contributed by atoms with Crippen LogP contribution in [0.3, 0.4) is 0 Å². The molecule has 0 spiro atoms. The number of aromatic nitrogens is 2. The van der Waals surface area contributed by atoms with Crippen LogP contribution in [-0.2, 0) is 18.3 Å². The molecule has 0 N–H and O–H groups in total. The monoisotopic (exact) mass is 270 g/mol. The molecular formula is C17H22N2O. The van der Waals surface area contributed by atoms with Crippen molar-refractivity contribution in [1.82, 2.24) is 9.78 Å². The van der Waals surface area contributed by atoms with E-state index < -0.39 is 0 Å². The molecule has 1 fully saturated rings. The van der Waals surface area contributed by atoms with Gasteiger partial charge in [0.15, 0.2) is 0 Å². The van der Waals surface area contributed by atoms with Gasteiger partial charge in [-0.1, -0.05) is 43.9 Å². The quantitative estimate of drug-likeness (QED) is 0.831. The Bertz CT molecular complexity index is 608. The molecule has 1 aliphatic carbocycles. The summed E-state index contributed by atoms with van der Waals surface area (Å²) in [5.41, 5.74) is 2.03. The Morgan fingerprint density at radius 2 is 2.05 bits per heavy atom. The minimum Gasteiger partial charge on any atom is -0.299 e. The van der Waals surface area contributed by atoms with Crippen molar-refractivity contribution in [3.63, 3.8) is 0 Å². The Morgan fingerprint density at radius 1 is 1.30 bits per heavy atom. The van der Waals surface area contributed by atoms with E-state index in [0.717, 1.165) is 35.4 Å². The van der Waals surface area contributed by atoms with E-state index in [-0.39, 0.29) is 0 Å². The number of hydrogen-bond acceptors (Lipinski definition) is 2. The van der Waals surface area contributed by atoms with Crippen LogP contribution < -0.4 is 0 Å². The fraction of sp³-hybridized carbons (Fsp3) is 0.529. The molecule has 3 heteroatoms. The van der Waals surface area contributed by atoms with Crippen molar-refractivity contribution in [1.29, 1.82) is 0 Å². The molecule has 0 radical (unpaired) electrons. The Morgan fingerprint density at radius 3 is 2.85 bits per heavy atom. The van der Waals surface area contributed by atoms with Crippen molar-refractivity contribution in [2.75, 3.05) is 0 Å². The van der Waals surface area contributed by atoms with Crippen molar-refractivity contribution >= 4 is 16.7 Å². The minimum absolute atomic E-state index is 0.334. The summed E-state index contributed by atoms with van der Waals surface area (Å²) >= 11 is 0. The highest BCUT2D eigenvalue weighted by atomic mass is 16.1. The van der Waals surface area contributed by atoms with E-state index in [4.69, 9.17) is 0 Å². The third-order valence-electron chi connectivity index (χ3n) is 4.51. The van der Waals surface area contributed by atoms with Crippen molar-refractivity contribution < 1.29 is 4.79 Å². The first-order chi connectivity index (χ1) is 9.74. The number of rotatable bonds is 5. The van der Waals surface area contributed by atoms with Gasteiger partial charge in [0.25, 0.3) is 0 Å². The molecule has 0 unspecified atom stereocenters. The van der Waals surface area contributed by atoms with E-state index in [9.17, 15) is 4.79 Å². The Balaban J connectivity index is 1.65. The lowest BCUT2D eigenvalue weighted by Gasteiger charge is -2.06. The van der Waals surface area contributed by atoms with E-state index in [1.54, 1.807) is 0 Å². The molecule has 0 saturated heterocycles. The molecule has 2 aromatic rings. The maximum absolute atomic E-state index is 12.2. The molecule has 3 rings (SSSR count). The predicted octanol–water partition coefficient (Wildman–Crippen LogP) is 3.66. The molecule has 20 heavy (non-hydrogen) atoms. The highest BCUT2D eigenvalue weighted by Gasteiger charge is 2.17. The summed E-state index contributed by atoms with van der Waals surface area (Å²) in [7, 11) is 1.94. The summed E-state index contributed by atoms with van der Waals surface area (Å²) in [5.74, 6) is 1.13. The Hall–Kier alpha value is -1.64. The molecule has 106 valence electrons. The standard InChI is InChI=1S/C17H22N2O/c1-19-17-9-5-4-8-15(17)16(18-19)12-14(20)11-10-13-6-2-3-7-13/h4-5,8-9,13H,2-3,6-7,10-12H2,1H3. The van der Waals surface area contributed by atoms with E-state index in [2.05, 4.69) is 17.2 Å². The summed E-state index contributed by atoms with van der Waals surface area (Å²) in [6, 6.07) is 8.13. The number of ketones is 1. The van der Waals surface area contributed by atoms with Crippen molar-refractivity contribution in [3.05, 3.63) is 30.0 Å². The first kappa shape index (κ1) is 13.3. The molecule has 1 aliphatic rings. The average Bonchev–Trinajstić information content (AvgIpc) is 3.07. The SMILES string of the molecule is Cn1nc(CC(=O)CCC2CCCC2)c2ccccc21. The second-order valence-corrected chi connectivity index (χ2v) is 5.99. The molecular weight excluding hydrogens is 248 g/mol. The summed E-state index contributed by atoms with van der Waals surface area (Å²) in [6.07, 6.45) is 7.61. The zero-order valence-corrected chi connectivity index (χ0v) is 12.1. The lowest BCUT2D eigenvalue weighted by molar-refractivity contribution is -0.118. The van der Waals surface area contributed by atoms with Gasteiger partial charge in [-0.15, -0.1) is 0 Å². The van der Waals surface area contributed by atoms with E-state index in [1.807, 2.05) is 23.9 Å². The number of carbonyl (C=O) groups excluding carboxylic acids is 1. The number of carbonyl (C=O) groups is 1.